The van der Waals surface area contributed by atoms with Gasteiger partial charge in [-0.3, -0.25) is 4.79 Å². The topological polar surface area (TPSA) is 54.5 Å². The van der Waals surface area contributed by atoms with Crippen LogP contribution in [0.3, 0.4) is 0 Å². The molecule has 0 heterocycles. The second-order valence-electron chi connectivity index (χ2n) is 5.84. The lowest BCUT2D eigenvalue weighted by Crippen LogP contribution is -2.28. The van der Waals surface area contributed by atoms with E-state index >= 15 is 0 Å². The molecule has 2 aromatic carbocycles. The number of amides is 1. The molecule has 0 N–H and O–H groups in total. The van der Waals surface area contributed by atoms with Crippen LogP contribution in [0.1, 0.15) is 17.5 Å². The van der Waals surface area contributed by atoms with Crippen LogP contribution in [0, 0.1) is 6.92 Å². The van der Waals surface area contributed by atoms with Gasteiger partial charge in [0, 0.05) is 20.0 Å². The second kappa shape index (κ2) is 8.21. The molecule has 2 rings (SSSR count). The molecule has 0 radical (unpaired) electrons. The van der Waals surface area contributed by atoms with Crippen molar-refractivity contribution in [3.8, 4) is 0 Å². The largest absolute Gasteiger partial charge is 0.341 e. The zero-order valence-corrected chi connectivity index (χ0v) is 16.3. The summed E-state index contributed by atoms with van der Waals surface area (Å²) >= 11 is 12.1. The molecule has 0 fully saturated rings. The molecular formula is C18H19Cl2NO3S. The van der Waals surface area contributed by atoms with E-state index in [2.05, 4.69) is 0 Å². The fourth-order valence-electron chi connectivity index (χ4n) is 2.29. The van der Waals surface area contributed by atoms with E-state index in [-0.39, 0.29) is 29.5 Å². The van der Waals surface area contributed by atoms with Gasteiger partial charge in [-0.25, -0.2) is 8.42 Å². The number of hydrogen-bond donors (Lipinski definition) is 0. The number of halogens is 2. The van der Waals surface area contributed by atoms with E-state index in [0.717, 1.165) is 5.56 Å². The fourth-order valence-corrected chi connectivity index (χ4v) is 3.90. The molecule has 0 aliphatic carbocycles. The fraction of sp³-hybridized carbons (Fsp3) is 0.278. The zero-order chi connectivity index (χ0) is 18.6. The molecule has 0 aromatic heterocycles. The molecule has 0 aliphatic heterocycles. The maximum Gasteiger partial charge on any atom is 0.223 e. The summed E-state index contributed by atoms with van der Waals surface area (Å²) in [5.74, 6) is -0.505. The summed E-state index contributed by atoms with van der Waals surface area (Å²) in [6, 6.07) is 11.8. The third kappa shape index (κ3) is 5.21. The third-order valence-electron chi connectivity index (χ3n) is 3.83. The Kier molecular flexibility index (Phi) is 6.49. The highest BCUT2D eigenvalue weighted by molar-refractivity contribution is 7.91. The zero-order valence-electron chi connectivity index (χ0n) is 14.0. The van der Waals surface area contributed by atoms with Crippen LogP contribution in [0.25, 0.3) is 0 Å². The van der Waals surface area contributed by atoms with Crippen LogP contribution in [0.2, 0.25) is 10.0 Å². The molecule has 0 bridgehead atoms. The molecule has 0 spiro atoms. The number of aryl methyl sites for hydroxylation is 1. The third-order valence-corrected chi connectivity index (χ3v) is 6.42. The van der Waals surface area contributed by atoms with E-state index < -0.39 is 9.84 Å². The lowest BCUT2D eigenvalue weighted by molar-refractivity contribution is -0.130. The van der Waals surface area contributed by atoms with Crippen LogP contribution in [-0.2, 0) is 21.2 Å². The first kappa shape index (κ1) is 19.8. The molecular weight excluding hydrogens is 381 g/mol. The van der Waals surface area contributed by atoms with Gasteiger partial charge in [0.2, 0.25) is 5.91 Å². The predicted molar refractivity (Wildman–Crippen MR) is 101 cm³/mol. The summed E-state index contributed by atoms with van der Waals surface area (Å²) in [5.41, 5.74) is 1.69. The number of rotatable bonds is 6. The Bertz CT molecular complexity index is 864. The van der Waals surface area contributed by atoms with Gasteiger partial charge in [-0.1, -0.05) is 53.0 Å². The Morgan fingerprint density at radius 3 is 2.36 bits per heavy atom. The molecule has 0 unspecified atom stereocenters. The van der Waals surface area contributed by atoms with Crippen molar-refractivity contribution in [1.29, 1.82) is 0 Å². The maximum absolute atomic E-state index is 12.3. The number of carbonyl (C=O) groups is 1. The van der Waals surface area contributed by atoms with Crippen LogP contribution in [0.5, 0.6) is 0 Å². The van der Waals surface area contributed by atoms with Gasteiger partial charge < -0.3 is 4.90 Å². The van der Waals surface area contributed by atoms with Crippen molar-refractivity contribution in [1.82, 2.24) is 4.90 Å². The Balaban J connectivity index is 1.99. The normalized spacial score (nSPS) is 11.4. The average molecular weight is 400 g/mol. The van der Waals surface area contributed by atoms with Gasteiger partial charge >= 0.3 is 0 Å². The monoisotopic (exact) mass is 399 g/mol. The van der Waals surface area contributed by atoms with Crippen LogP contribution < -0.4 is 0 Å². The van der Waals surface area contributed by atoms with Crippen molar-refractivity contribution in [2.75, 3.05) is 12.8 Å². The second-order valence-corrected chi connectivity index (χ2v) is 8.74. The number of carbonyl (C=O) groups excluding carboxylic acids is 1. The van der Waals surface area contributed by atoms with E-state index in [1.807, 2.05) is 6.92 Å². The summed E-state index contributed by atoms with van der Waals surface area (Å²) in [4.78, 5) is 13.9. The molecule has 0 saturated carbocycles. The molecule has 0 aliphatic rings. The van der Waals surface area contributed by atoms with E-state index in [1.54, 1.807) is 49.5 Å². The smallest absolute Gasteiger partial charge is 0.223 e. The van der Waals surface area contributed by atoms with Crippen molar-refractivity contribution in [2.24, 2.45) is 0 Å². The average Bonchev–Trinajstić information content (AvgIpc) is 2.57. The highest BCUT2D eigenvalue weighted by Crippen LogP contribution is 2.26. The van der Waals surface area contributed by atoms with Crippen molar-refractivity contribution < 1.29 is 13.2 Å². The summed E-state index contributed by atoms with van der Waals surface area (Å²) in [6.07, 6.45) is -0.0924. The van der Waals surface area contributed by atoms with Crippen molar-refractivity contribution in [3.63, 3.8) is 0 Å². The van der Waals surface area contributed by atoms with Crippen LogP contribution in [0.4, 0.5) is 0 Å². The molecule has 2 aromatic rings. The quantitative estimate of drug-likeness (QED) is 0.733. The van der Waals surface area contributed by atoms with Crippen LogP contribution in [0.15, 0.2) is 47.4 Å². The van der Waals surface area contributed by atoms with Crippen LogP contribution >= 0.6 is 23.2 Å². The van der Waals surface area contributed by atoms with Gasteiger partial charge in [0.25, 0.3) is 0 Å². The van der Waals surface area contributed by atoms with E-state index in [9.17, 15) is 13.2 Å². The summed E-state index contributed by atoms with van der Waals surface area (Å²) in [6.45, 7) is 2.15. The minimum Gasteiger partial charge on any atom is -0.341 e. The Morgan fingerprint density at radius 2 is 1.72 bits per heavy atom. The van der Waals surface area contributed by atoms with E-state index in [1.165, 1.54) is 4.90 Å². The SMILES string of the molecule is Cc1ccc(S(=O)(=O)CCC(=O)N(C)Cc2cccc(Cl)c2Cl)cc1. The van der Waals surface area contributed by atoms with E-state index in [4.69, 9.17) is 23.2 Å². The van der Waals surface area contributed by atoms with Gasteiger partial charge in [0.15, 0.2) is 9.84 Å². The lowest BCUT2D eigenvalue weighted by Gasteiger charge is -2.18. The van der Waals surface area contributed by atoms with Gasteiger partial charge in [0.05, 0.1) is 20.7 Å². The Morgan fingerprint density at radius 1 is 1.08 bits per heavy atom. The number of sulfone groups is 1. The first-order valence-corrected chi connectivity index (χ1v) is 10.1. The van der Waals surface area contributed by atoms with Crippen LogP contribution in [-0.4, -0.2) is 32.0 Å². The van der Waals surface area contributed by atoms with E-state index in [0.29, 0.717) is 15.6 Å². The Labute approximate surface area is 158 Å². The molecule has 4 nitrogen and oxygen atoms in total. The van der Waals surface area contributed by atoms with Crippen molar-refractivity contribution in [3.05, 3.63) is 63.6 Å². The molecule has 7 heteroatoms. The first-order valence-electron chi connectivity index (χ1n) is 7.67. The van der Waals surface area contributed by atoms with Gasteiger partial charge in [-0.2, -0.15) is 0 Å². The molecule has 0 saturated heterocycles. The van der Waals surface area contributed by atoms with Gasteiger partial charge in [-0.05, 0) is 30.7 Å². The number of nitrogens with zero attached hydrogens (tertiary/aromatic N) is 1. The minimum absolute atomic E-state index is 0.0924. The van der Waals surface area contributed by atoms with Crippen molar-refractivity contribution >= 4 is 38.9 Å². The van der Waals surface area contributed by atoms with Gasteiger partial charge in [-0.15, -0.1) is 0 Å². The minimum atomic E-state index is -3.49. The standard InChI is InChI=1S/C18H19Cl2NO3S/c1-13-6-8-15(9-7-13)25(23,24)11-10-17(22)21(2)12-14-4-3-5-16(19)18(14)20/h3-9H,10-12H2,1-2H3. The summed E-state index contributed by atoms with van der Waals surface area (Å²) in [5, 5.41) is 0.818. The lowest BCUT2D eigenvalue weighted by atomic mass is 10.2. The highest BCUT2D eigenvalue weighted by Gasteiger charge is 2.19. The predicted octanol–water partition coefficient (Wildman–Crippen LogP) is 4.12. The Hall–Kier alpha value is -1.56. The van der Waals surface area contributed by atoms with Crippen molar-refractivity contribution in [2.45, 2.75) is 24.8 Å². The molecule has 25 heavy (non-hydrogen) atoms. The summed E-state index contributed by atoms with van der Waals surface area (Å²) < 4.78 is 24.6. The maximum atomic E-state index is 12.3. The molecule has 134 valence electrons. The highest BCUT2D eigenvalue weighted by atomic mass is 35.5. The molecule has 1 amide bonds. The first-order chi connectivity index (χ1) is 11.7. The molecule has 0 atom stereocenters. The summed E-state index contributed by atoms with van der Waals surface area (Å²) in [7, 11) is -1.88. The van der Waals surface area contributed by atoms with Gasteiger partial charge in [0.1, 0.15) is 0 Å². The number of hydrogen-bond acceptors (Lipinski definition) is 3. The number of benzene rings is 2.